The van der Waals surface area contributed by atoms with Crippen LogP contribution in [0.15, 0.2) is 30.5 Å². The average Bonchev–Trinajstić information content (AvgIpc) is 2.73. The van der Waals surface area contributed by atoms with E-state index in [0.29, 0.717) is 12.6 Å². The van der Waals surface area contributed by atoms with Crippen molar-refractivity contribution in [3.63, 3.8) is 0 Å². The zero-order valence-corrected chi connectivity index (χ0v) is 10.6. The van der Waals surface area contributed by atoms with Crippen molar-refractivity contribution in [3.05, 3.63) is 41.7 Å². The fraction of sp³-hybridized carbons (Fsp3) is 0.357. The maximum absolute atomic E-state index is 5.66. The Hall–Kier alpha value is -1.61. The van der Waals surface area contributed by atoms with Crippen LogP contribution < -0.4 is 5.73 Å². The summed E-state index contributed by atoms with van der Waals surface area (Å²) in [6.45, 7) is 6.89. The molecule has 0 atom stereocenters. The van der Waals surface area contributed by atoms with Crippen LogP contribution in [0.5, 0.6) is 0 Å². The molecule has 2 N–H and O–H groups in total. The number of nitrogens with zero attached hydrogens (tertiary/aromatic N) is 2. The fourth-order valence-corrected chi connectivity index (χ4v) is 1.93. The number of benzene rings is 1. The third-order valence-corrected chi connectivity index (χ3v) is 2.82. The van der Waals surface area contributed by atoms with E-state index in [2.05, 4.69) is 54.6 Å². The van der Waals surface area contributed by atoms with Gasteiger partial charge in [-0.15, -0.1) is 0 Å². The molecule has 1 aromatic heterocycles. The van der Waals surface area contributed by atoms with Crippen LogP contribution in [0.4, 0.5) is 0 Å². The van der Waals surface area contributed by atoms with Crippen molar-refractivity contribution in [2.45, 2.75) is 33.4 Å². The molecule has 0 saturated heterocycles. The first-order chi connectivity index (χ1) is 8.11. The summed E-state index contributed by atoms with van der Waals surface area (Å²) in [5, 5.41) is 0. The second kappa shape index (κ2) is 4.72. The Morgan fingerprint density at radius 3 is 2.71 bits per heavy atom. The van der Waals surface area contributed by atoms with Gasteiger partial charge in [0.2, 0.25) is 0 Å². The maximum Gasteiger partial charge on any atom is 0.140 e. The molecule has 0 spiro atoms. The second-order valence-electron chi connectivity index (χ2n) is 4.63. The molecule has 0 bridgehead atoms. The SMILES string of the molecule is Cc1cccc(-c2nc(CN)cn2C(C)C)c1. The molecule has 2 aromatic rings. The molecule has 0 aliphatic carbocycles. The predicted molar refractivity (Wildman–Crippen MR) is 70.7 cm³/mol. The second-order valence-corrected chi connectivity index (χ2v) is 4.63. The lowest BCUT2D eigenvalue weighted by atomic mass is 10.1. The van der Waals surface area contributed by atoms with Crippen molar-refractivity contribution in [3.8, 4) is 11.4 Å². The molecule has 3 heteroatoms. The number of hydrogen-bond donors (Lipinski definition) is 1. The van der Waals surface area contributed by atoms with Crippen LogP contribution in [0, 0.1) is 6.92 Å². The van der Waals surface area contributed by atoms with E-state index in [9.17, 15) is 0 Å². The van der Waals surface area contributed by atoms with Gasteiger partial charge in [0, 0.05) is 24.3 Å². The first-order valence-corrected chi connectivity index (χ1v) is 5.96. The normalized spacial score (nSPS) is 11.1. The summed E-state index contributed by atoms with van der Waals surface area (Å²) < 4.78 is 2.18. The summed E-state index contributed by atoms with van der Waals surface area (Å²) >= 11 is 0. The minimum absolute atomic E-state index is 0.387. The van der Waals surface area contributed by atoms with E-state index >= 15 is 0 Å². The van der Waals surface area contributed by atoms with Crippen LogP contribution in [-0.4, -0.2) is 9.55 Å². The fourth-order valence-electron chi connectivity index (χ4n) is 1.93. The summed E-state index contributed by atoms with van der Waals surface area (Å²) in [5.41, 5.74) is 9.00. The maximum atomic E-state index is 5.66. The van der Waals surface area contributed by atoms with Crippen molar-refractivity contribution in [2.24, 2.45) is 5.73 Å². The molecule has 0 radical (unpaired) electrons. The van der Waals surface area contributed by atoms with Crippen LogP contribution in [0.25, 0.3) is 11.4 Å². The van der Waals surface area contributed by atoms with Gasteiger partial charge in [-0.1, -0.05) is 23.8 Å². The molecule has 1 aromatic carbocycles. The largest absolute Gasteiger partial charge is 0.328 e. The monoisotopic (exact) mass is 229 g/mol. The lowest BCUT2D eigenvalue weighted by Crippen LogP contribution is -2.01. The van der Waals surface area contributed by atoms with Crippen molar-refractivity contribution in [1.29, 1.82) is 0 Å². The smallest absolute Gasteiger partial charge is 0.140 e. The number of aryl methyl sites for hydroxylation is 1. The molecule has 3 nitrogen and oxygen atoms in total. The number of aromatic nitrogens is 2. The minimum atomic E-state index is 0.387. The average molecular weight is 229 g/mol. The molecule has 0 fully saturated rings. The van der Waals surface area contributed by atoms with Crippen LogP contribution in [0.3, 0.4) is 0 Å². The van der Waals surface area contributed by atoms with Crippen molar-refractivity contribution in [2.75, 3.05) is 0 Å². The van der Waals surface area contributed by atoms with E-state index < -0.39 is 0 Å². The highest BCUT2D eigenvalue weighted by Gasteiger charge is 2.11. The summed E-state index contributed by atoms with van der Waals surface area (Å²) in [4.78, 5) is 4.60. The molecule has 0 aliphatic rings. The molecule has 17 heavy (non-hydrogen) atoms. The molecule has 90 valence electrons. The van der Waals surface area contributed by atoms with Gasteiger partial charge in [0.15, 0.2) is 0 Å². The van der Waals surface area contributed by atoms with E-state index in [1.165, 1.54) is 5.56 Å². The van der Waals surface area contributed by atoms with Crippen LogP contribution in [-0.2, 0) is 6.54 Å². The van der Waals surface area contributed by atoms with Gasteiger partial charge in [-0.2, -0.15) is 0 Å². The molecular weight excluding hydrogens is 210 g/mol. The molecule has 0 aliphatic heterocycles. The molecule has 2 rings (SSSR count). The Bertz CT molecular complexity index is 512. The van der Waals surface area contributed by atoms with E-state index in [4.69, 9.17) is 5.73 Å². The number of hydrogen-bond acceptors (Lipinski definition) is 2. The van der Waals surface area contributed by atoms with Gasteiger partial charge in [-0.3, -0.25) is 0 Å². The quantitative estimate of drug-likeness (QED) is 0.879. The first kappa shape index (κ1) is 11.9. The van der Waals surface area contributed by atoms with Crippen LogP contribution in [0.1, 0.15) is 31.1 Å². The highest BCUT2D eigenvalue weighted by molar-refractivity contribution is 5.57. The van der Waals surface area contributed by atoms with E-state index in [-0.39, 0.29) is 0 Å². The number of imidazole rings is 1. The molecule has 0 amide bonds. The van der Waals surface area contributed by atoms with Gasteiger partial charge in [-0.25, -0.2) is 4.98 Å². The highest BCUT2D eigenvalue weighted by atomic mass is 15.1. The number of rotatable bonds is 3. The third kappa shape index (κ3) is 2.39. The Kier molecular flexibility index (Phi) is 3.29. The van der Waals surface area contributed by atoms with E-state index in [1.54, 1.807) is 0 Å². The molecular formula is C14H19N3. The van der Waals surface area contributed by atoms with E-state index in [0.717, 1.165) is 17.1 Å². The zero-order valence-electron chi connectivity index (χ0n) is 10.6. The van der Waals surface area contributed by atoms with E-state index in [1.807, 2.05) is 6.20 Å². The van der Waals surface area contributed by atoms with Gasteiger partial charge in [0.05, 0.1) is 5.69 Å². The Labute approximate surface area is 102 Å². The molecule has 0 unspecified atom stereocenters. The van der Waals surface area contributed by atoms with Gasteiger partial charge in [-0.05, 0) is 26.8 Å². The summed E-state index contributed by atoms with van der Waals surface area (Å²) in [5.74, 6) is 1.00. The van der Waals surface area contributed by atoms with Gasteiger partial charge < -0.3 is 10.3 Å². The summed E-state index contributed by atoms with van der Waals surface area (Å²) in [6, 6.07) is 8.79. The Morgan fingerprint density at radius 2 is 2.12 bits per heavy atom. The molecule has 1 heterocycles. The van der Waals surface area contributed by atoms with Crippen molar-refractivity contribution in [1.82, 2.24) is 9.55 Å². The summed E-state index contributed by atoms with van der Waals surface area (Å²) in [7, 11) is 0. The first-order valence-electron chi connectivity index (χ1n) is 5.96. The van der Waals surface area contributed by atoms with Crippen molar-refractivity contribution < 1.29 is 0 Å². The number of nitrogens with two attached hydrogens (primary N) is 1. The minimum Gasteiger partial charge on any atom is -0.328 e. The lowest BCUT2D eigenvalue weighted by molar-refractivity contribution is 0.605. The predicted octanol–water partition coefficient (Wildman–Crippen LogP) is 2.90. The van der Waals surface area contributed by atoms with Crippen LogP contribution >= 0.6 is 0 Å². The lowest BCUT2D eigenvalue weighted by Gasteiger charge is -2.11. The topological polar surface area (TPSA) is 43.8 Å². The molecule has 0 saturated carbocycles. The van der Waals surface area contributed by atoms with Crippen molar-refractivity contribution >= 4 is 0 Å². The van der Waals surface area contributed by atoms with Gasteiger partial charge in [0.1, 0.15) is 5.82 Å². The zero-order chi connectivity index (χ0) is 12.4. The van der Waals surface area contributed by atoms with Crippen LogP contribution in [0.2, 0.25) is 0 Å². The highest BCUT2D eigenvalue weighted by Crippen LogP contribution is 2.23. The Balaban J connectivity index is 2.53. The standard InChI is InChI=1S/C14H19N3/c1-10(2)17-9-13(8-15)16-14(17)12-6-4-5-11(3)7-12/h4-7,9-10H,8,15H2,1-3H3. The third-order valence-electron chi connectivity index (χ3n) is 2.82. The van der Waals surface area contributed by atoms with Gasteiger partial charge in [0.25, 0.3) is 0 Å². The summed E-state index contributed by atoms with van der Waals surface area (Å²) in [6.07, 6.45) is 2.04. The Morgan fingerprint density at radius 1 is 1.35 bits per heavy atom. The van der Waals surface area contributed by atoms with Gasteiger partial charge >= 0.3 is 0 Å².